The molecule has 2 N–H and O–H groups in total. The van der Waals surface area contributed by atoms with Crippen LogP contribution in [0, 0.1) is 5.92 Å². The first kappa shape index (κ1) is 29.4. The Morgan fingerprint density at radius 3 is 2.48 bits per heavy atom. The van der Waals surface area contributed by atoms with Crippen LogP contribution in [0.3, 0.4) is 0 Å². The Bertz CT molecular complexity index is 1400. The normalized spacial score (nSPS) is 18.4. The van der Waals surface area contributed by atoms with E-state index in [0.717, 1.165) is 11.3 Å². The molecule has 9 nitrogen and oxygen atoms in total. The van der Waals surface area contributed by atoms with Gasteiger partial charge in [-0.15, -0.1) is 0 Å². The zero-order valence-electron chi connectivity index (χ0n) is 23.3. The molecule has 3 atom stereocenters. The number of nitrogens with one attached hydrogen (secondary N) is 1. The summed E-state index contributed by atoms with van der Waals surface area (Å²) in [7, 11) is -0.195. The van der Waals surface area contributed by atoms with Gasteiger partial charge in [-0.2, -0.15) is 0 Å². The number of nitrogens with zero attached hydrogens (tertiary/aromatic N) is 2. The van der Waals surface area contributed by atoms with Crippen LogP contribution in [0.4, 0.5) is 5.69 Å². The number of aliphatic hydroxyl groups excluding tert-OH is 1. The van der Waals surface area contributed by atoms with Crippen LogP contribution in [0.25, 0.3) is 0 Å². The third-order valence-corrected chi connectivity index (χ3v) is 8.47. The van der Waals surface area contributed by atoms with Gasteiger partial charge < -0.3 is 19.5 Å². The molecule has 214 valence electrons. The second-order valence-corrected chi connectivity index (χ2v) is 12.0. The van der Waals surface area contributed by atoms with Gasteiger partial charge >= 0.3 is 0 Å². The largest absolute Gasteiger partial charge is 0.497 e. The van der Waals surface area contributed by atoms with Crippen LogP contribution >= 0.6 is 0 Å². The van der Waals surface area contributed by atoms with E-state index >= 15 is 0 Å². The van der Waals surface area contributed by atoms with E-state index in [-0.39, 0.29) is 40.7 Å². The van der Waals surface area contributed by atoms with Crippen LogP contribution < -0.4 is 14.2 Å². The van der Waals surface area contributed by atoms with E-state index in [0.29, 0.717) is 25.4 Å². The maximum absolute atomic E-state index is 13.7. The van der Waals surface area contributed by atoms with Gasteiger partial charge in [-0.3, -0.25) is 14.4 Å². The zero-order chi connectivity index (χ0) is 28.9. The number of rotatable bonds is 10. The number of carbonyl (C=O) groups is 1. The molecule has 0 saturated heterocycles. The Labute approximate surface area is 236 Å². The molecule has 1 amide bonds. The number of sulfonamides is 1. The number of fused-ring (bicyclic) bond motifs is 1. The third-order valence-electron chi connectivity index (χ3n) is 7.07. The molecule has 0 radical (unpaired) electrons. The first-order chi connectivity index (χ1) is 19.1. The van der Waals surface area contributed by atoms with Crippen molar-refractivity contribution in [3.63, 3.8) is 0 Å². The van der Waals surface area contributed by atoms with E-state index in [1.165, 1.54) is 18.2 Å². The molecule has 0 bridgehead atoms. The number of ether oxygens (including phenoxy) is 2. The summed E-state index contributed by atoms with van der Waals surface area (Å²) in [5, 5.41) is 9.91. The molecule has 0 spiro atoms. The third kappa shape index (κ3) is 6.93. The lowest BCUT2D eigenvalue weighted by Crippen LogP contribution is -2.49. The van der Waals surface area contributed by atoms with E-state index in [9.17, 15) is 18.3 Å². The molecular formula is C30H37N3O6S. The molecule has 1 aliphatic rings. The van der Waals surface area contributed by atoms with Crippen LogP contribution in [0.2, 0.25) is 0 Å². The average molecular weight is 568 g/mol. The summed E-state index contributed by atoms with van der Waals surface area (Å²) in [6.45, 7) is 5.28. The molecule has 0 saturated carbocycles. The van der Waals surface area contributed by atoms with Gasteiger partial charge in [0.25, 0.3) is 15.9 Å². The van der Waals surface area contributed by atoms with Gasteiger partial charge in [0, 0.05) is 31.2 Å². The summed E-state index contributed by atoms with van der Waals surface area (Å²) in [6.07, 6.45) is -0.268. The van der Waals surface area contributed by atoms with Gasteiger partial charge in [-0.1, -0.05) is 37.3 Å². The molecule has 0 aliphatic carbocycles. The highest BCUT2D eigenvalue weighted by Crippen LogP contribution is 2.31. The number of hydrogen-bond acceptors (Lipinski definition) is 7. The molecule has 40 heavy (non-hydrogen) atoms. The van der Waals surface area contributed by atoms with E-state index in [2.05, 4.69) is 9.62 Å². The van der Waals surface area contributed by atoms with Gasteiger partial charge in [-0.05, 0) is 62.0 Å². The molecule has 1 heterocycles. The van der Waals surface area contributed by atoms with Gasteiger partial charge in [0.2, 0.25) is 0 Å². The number of benzene rings is 3. The quantitative estimate of drug-likeness (QED) is 0.383. The molecule has 3 aromatic rings. The van der Waals surface area contributed by atoms with Gasteiger partial charge in [-0.25, -0.2) is 8.42 Å². The predicted octanol–water partition coefficient (Wildman–Crippen LogP) is 3.85. The first-order valence-corrected chi connectivity index (χ1v) is 14.7. The summed E-state index contributed by atoms with van der Waals surface area (Å²) in [4.78, 5) is 17.6. The van der Waals surface area contributed by atoms with Crippen molar-refractivity contribution in [3.8, 4) is 11.5 Å². The fourth-order valence-electron chi connectivity index (χ4n) is 4.73. The van der Waals surface area contributed by atoms with Crippen molar-refractivity contribution >= 4 is 21.6 Å². The molecule has 1 aliphatic heterocycles. The molecule has 0 unspecified atom stereocenters. The van der Waals surface area contributed by atoms with E-state index < -0.39 is 16.1 Å². The van der Waals surface area contributed by atoms with Crippen molar-refractivity contribution in [2.24, 2.45) is 5.92 Å². The van der Waals surface area contributed by atoms with Crippen molar-refractivity contribution in [2.45, 2.75) is 37.4 Å². The molecule has 10 heteroatoms. The summed E-state index contributed by atoms with van der Waals surface area (Å²) in [6, 6.07) is 20.2. The second kappa shape index (κ2) is 12.7. The lowest BCUT2D eigenvalue weighted by molar-refractivity contribution is 0.0341. The van der Waals surface area contributed by atoms with E-state index in [1.807, 2.05) is 38.2 Å². The Balaban J connectivity index is 1.61. The van der Waals surface area contributed by atoms with Crippen molar-refractivity contribution < 1.29 is 27.8 Å². The molecular weight excluding hydrogens is 530 g/mol. The fraction of sp³-hybridized carbons (Fsp3) is 0.367. The molecule has 3 aromatic carbocycles. The molecule has 0 aromatic heterocycles. The Morgan fingerprint density at radius 2 is 1.82 bits per heavy atom. The topological polar surface area (TPSA) is 108 Å². The zero-order valence-corrected chi connectivity index (χ0v) is 24.1. The number of aliphatic hydroxyl groups is 1. The molecule has 4 rings (SSSR count). The van der Waals surface area contributed by atoms with Crippen LogP contribution in [0.15, 0.2) is 77.7 Å². The molecule has 0 fully saturated rings. The van der Waals surface area contributed by atoms with Crippen molar-refractivity contribution in [1.82, 2.24) is 9.80 Å². The van der Waals surface area contributed by atoms with Gasteiger partial charge in [0.05, 0.1) is 30.2 Å². The van der Waals surface area contributed by atoms with Crippen LogP contribution in [0.5, 0.6) is 11.5 Å². The predicted molar refractivity (Wildman–Crippen MR) is 154 cm³/mol. The Hall–Kier alpha value is -3.60. The highest BCUT2D eigenvalue weighted by Gasteiger charge is 2.33. The van der Waals surface area contributed by atoms with Crippen molar-refractivity contribution in [3.05, 3.63) is 83.9 Å². The maximum atomic E-state index is 13.7. The number of anilines is 1. The van der Waals surface area contributed by atoms with Gasteiger partial charge in [0.1, 0.15) is 17.6 Å². The highest BCUT2D eigenvalue weighted by atomic mass is 32.2. The SMILES string of the molecule is COc1ccc(CN(C)C[C@@H]2Oc3ccc(NS(=O)(=O)c4ccccc4)cc3C(=O)N([C@H](C)CO)C[C@@H]2C)cc1. The van der Waals surface area contributed by atoms with Crippen LogP contribution in [0.1, 0.15) is 29.8 Å². The smallest absolute Gasteiger partial charge is 0.261 e. The van der Waals surface area contributed by atoms with Crippen LogP contribution in [-0.4, -0.2) is 75.2 Å². The minimum absolute atomic E-state index is 0.0410. The second-order valence-electron chi connectivity index (χ2n) is 10.3. The number of likely N-dealkylation sites (N-methyl/N-ethyl adjacent to an activating group) is 1. The Morgan fingerprint density at radius 1 is 1.12 bits per heavy atom. The lowest BCUT2D eigenvalue weighted by Gasteiger charge is -2.38. The first-order valence-electron chi connectivity index (χ1n) is 13.2. The van der Waals surface area contributed by atoms with Gasteiger partial charge in [0.15, 0.2) is 0 Å². The summed E-state index contributed by atoms with van der Waals surface area (Å²) >= 11 is 0. The average Bonchev–Trinajstić information content (AvgIpc) is 2.95. The van der Waals surface area contributed by atoms with E-state index in [4.69, 9.17) is 9.47 Å². The number of carbonyl (C=O) groups excluding carboxylic acids is 1. The summed E-state index contributed by atoms with van der Waals surface area (Å²) < 4.78 is 40.1. The fourth-order valence-corrected chi connectivity index (χ4v) is 5.80. The summed E-state index contributed by atoms with van der Waals surface area (Å²) in [5.41, 5.74) is 1.62. The monoisotopic (exact) mass is 567 g/mol. The lowest BCUT2D eigenvalue weighted by atomic mass is 9.99. The standard InChI is InChI=1S/C30H37N3O6S/c1-21-17-33(22(2)20-34)30(35)27-16-24(31-40(36,37)26-8-6-5-7-9-26)12-15-28(27)39-29(21)19-32(3)18-23-10-13-25(38-4)14-11-23/h5-16,21-22,29,31,34H,17-20H2,1-4H3/t21-,22+,29-/m0/s1. The minimum Gasteiger partial charge on any atom is -0.497 e. The number of hydrogen-bond donors (Lipinski definition) is 2. The maximum Gasteiger partial charge on any atom is 0.261 e. The van der Waals surface area contributed by atoms with Crippen molar-refractivity contribution in [2.75, 3.05) is 38.6 Å². The van der Waals surface area contributed by atoms with E-state index in [1.54, 1.807) is 49.3 Å². The number of amides is 1. The highest BCUT2D eigenvalue weighted by molar-refractivity contribution is 7.92. The number of methoxy groups -OCH3 is 1. The minimum atomic E-state index is -3.85. The van der Waals surface area contributed by atoms with Crippen LogP contribution in [-0.2, 0) is 16.6 Å². The summed E-state index contributed by atoms with van der Waals surface area (Å²) in [5.74, 6) is 0.806. The van der Waals surface area contributed by atoms with Crippen molar-refractivity contribution in [1.29, 1.82) is 0 Å². The Kier molecular flexibility index (Phi) is 9.34.